The quantitative estimate of drug-likeness (QED) is 0.301. The predicted molar refractivity (Wildman–Crippen MR) is 156 cm³/mol. The number of carbonyl (C=O) groups is 3. The van der Waals surface area contributed by atoms with E-state index in [0.717, 1.165) is 48.3 Å². The highest BCUT2D eigenvalue weighted by atomic mass is 35.5. The van der Waals surface area contributed by atoms with E-state index < -0.39 is 17.4 Å². The summed E-state index contributed by atoms with van der Waals surface area (Å²) in [6.07, 6.45) is 7.84. The van der Waals surface area contributed by atoms with E-state index in [1.54, 1.807) is 30.8 Å². The van der Waals surface area contributed by atoms with Crippen LogP contribution < -0.4 is 10.6 Å². The molecule has 1 heterocycles. The molecule has 1 atom stereocenters. The third-order valence-electron chi connectivity index (χ3n) is 7.03. The van der Waals surface area contributed by atoms with Crippen molar-refractivity contribution in [2.45, 2.75) is 70.6 Å². The number of halogens is 2. The van der Waals surface area contributed by atoms with E-state index in [1.165, 1.54) is 12.4 Å². The molecule has 208 valence electrons. The molecule has 0 aliphatic heterocycles. The van der Waals surface area contributed by atoms with Crippen LogP contribution in [0.5, 0.6) is 0 Å². The van der Waals surface area contributed by atoms with E-state index in [9.17, 15) is 14.4 Å². The second-order valence-corrected chi connectivity index (χ2v) is 12.5. The standard InChI is InChI=1S/C29H33Cl2N3O4S/c1-4-38-28(37)22(34-25-24(39-17(2)3)26(35)29(25)12-6-5-7-13-29)14-18-8-10-19(11-9-18)33-27(36)23-20(30)15-32-16-21(23)31/h8-11,15-17,22,34H,4-7,12-14H2,1-3H3,(H,33,36). The van der Waals surface area contributed by atoms with Crippen molar-refractivity contribution in [1.82, 2.24) is 10.3 Å². The van der Waals surface area contributed by atoms with Crippen LogP contribution in [0.15, 0.2) is 47.3 Å². The molecule has 1 aromatic heterocycles. The summed E-state index contributed by atoms with van der Waals surface area (Å²) in [4.78, 5) is 43.7. The van der Waals surface area contributed by atoms with Crippen molar-refractivity contribution in [3.8, 4) is 0 Å². The van der Waals surface area contributed by atoms with E-state index in [-0.39, 0.29) is 39.2 Å². The number of hydrogen-bond donors (Lipinski definition) is 2. The Morgan fingerprint density at radius 1 is 1.08 bits per heavy atom. The van der Waals surface area contributed by atoms with Crippen molar-refractivity contribution in [3.63, 3.8) is 0 Å². The Kier molecular flexibility index (Phi) is 9.62. The SMILES string of the molecule is CCOC(=O)C(Cc1ccc(NC(=O)c2c(Cl)cncc2Cl)cc1)NC1=C(SC(C)C)C(=O)C12CCCCC2. The highest BCUT2D eigenvalue weighted by Gasteiger charge is 2.54. The average Bonchev–Trinajstić information content (AvgIpc) is 2.91. The number of esters is 1. The van der Waals surface area contributed by atoms with Gasteiger partial charge in [-0.2, -0.15) is 0 Å². The van der Waals surface area contributed by atoms with E-state index >= 15 is 0 Å². The Bertz CT molecular complexity index is 1250. The van der Waals surface area contributed by atoms with Gasteiger partial charge in [-0.25, -0.2) is 4.79 Å². The van der Waals surface area contributed by atoms with Gasteiger partial charge in [0.25, 0.3) is 5.91 Å². The molecule has 0 saturated heterocycles. The first-order valence-electron chi connectivity index (χ1n) is 13.2. The number of aromatic nitrogens is 1. The number of amides is 1. The number of pyridine rings is 1. The number of Topliss-reactive ketones (excluding diaryl/α,β-unsaturated/α-hetero) is 1. The molecular formula is C29H33Cl2N3O4S. The number of allylic oxidation sites excluding steroid dienone is 2. The third kappa shape index (κ3) is 6.44. The molecule has 1 aromatic carbocycles. The zero-order valence-electron chi connectivity index (χ0n) is 22.3. The Balaban J connectivity index is 1.53. The molecule has 1 spiro atoms. The van der Waals surface area contributed by atoms with Crippen molar-refractivity contribution >= 4 is 58.3 Å². The summed E-state index contributed by atoms with van der Waals surface area (Å²) in [5, 5.41) is 6.84. The average molecular weight is 591 g/mol. The maximum absolute atomic E-state index is 13.3. The van der Waals surface area contributed by atoms with Gasteiger partial charge in [0.1, 0.15) is 6.04 Å². The molecule has 0 radical (unpaired) electrons. The number of ether oxygens (including phenoxy) is 1. The first kappa shape index (κ1) is 29.4. The zero-order chi connectivity index (χ0) is 28.2. The van der Waals surface area contributed by atoms with Crippen LogP contribution >= 0.6 is 35.0 Å². The van der Waals surface area contributed by atoms with Crippen LogP contribution in [0.2, 0.25) is 10.0 Å². The minimum atomic E-state index is -0.649. The summed E-state index contributed by atoms with van der Waals surface area (Å²) in [5.74, 6) is -0.593. The number of carbonyl (C=O) groups excluding carboxylic acids is 3. The second-order valence-electron chi connectivity index (χ2n) is 10.1. The summed E-state index contributed by atoms with van der Waals surface area (Å²) in [6, 6.07) is 6.56. The number of nitrogens with zero attached hydrogens (tertiary/aromatic N) is 1. The largest absolute Gasteiger partial charge is 0.464 e. The van der Waals surface area contributed by atoms with E-state index in [0.29, 0.717) is 12.1 Å². The van der Waals surface area contributed by atoms with Crippen LogP contribution in [0.1, 0.15) is 68.8 Å². The summed E-state index contributed by atoms with van der Waals surface area (Å²) < 4.78 is 5.41. The van der Waals surface area contributed by atoms with Gasteiger partial charge >= 0.3 is 5.97 Å². The van der Waals surface area contributed by atoms with Crippen LogP contribution in [-0.4, -0.2) is 40.5 Å². The lowest BCUT2D eigenvalue weighted by atomic mass is 9.62. The van der Waals surface area contributed by atoms with Crippen molar-refractivity contribution in [2.75, 3.05) is 11.9 Å². The maximum atomic E-state index is 13.3. The molecule has 4 rings (SSSR count). The monoisotopic (exact) mass is 589 g/mol. The van der Waals surface area contributed by atoms with Crippen LogP contribution in [-0.2, 0) is 20.7 Å². The number of rotatable bonds is 10. The van der Waals surface area contributed by atoms with Gasteiger partial charge in [-0.1, -0.05) is 68.4 Å². The molecule has 1 fully saturated rings. The lowest BCUT2D eigenvalue weighted by Gasteiger charge is -2.47. The molecule has 39 heavy (non-hydrogen) atoms. The number of benzene rings is 1. The molecule has 0 bridgehead atoms. The first-order chi connectivity index (χ1) is 18.7. The second kappa shape index (κ2) is 12.7. The molecule has 2 aromatic rings. The summed E-state index contributed by atoms with van der Waals surface area (Å²) >= 11 is 13.8. The molecule has 7 nitrogen and oxygen atoms in total. The number of hydrogen-bond acceptors (Lipinski definition) is 7. The highest BCUT2D eigenvalue weighted by Crippen LogP contribution is 2.55. The molecule has 1 saturated carbocycles. The van der Waals surface area contributed by atoms with Crippen molar-refractivity contribution < 1.29 is 19.1 Å². The van der Waals surface area contributed by atoms with Crippen LogP contribution in [0.25, 0.3) is 0 Å². The Hall–Kier alpha value is -2.55. The van der Waals surface area contributed by atoms with Gasteiger partial charge in [-0.3, -0.25) is 14.6 Å². The van der Waals surface area contributed by atoms with Crippen LogP contribution in [0, 0.1) is 5.41 Å². The molecular weight excluding hydrogens is 557 g/mol. The van der Waals surface area contributed by atoms with E-state index in [1.807, 2.05) is 12.1 Å². The van der Waals surface area contributed by atoms with Crippen molar-refractivity contribution in [2.24, 2.45) is 5.41 Å². The fourth-order valence-electron chi connectivity index (χ4n) is 5.18. The fourth-order valence-corrected chi connectivity index (χ4v) is 6.86. The summed E-state index contributed by atoms with van der Waals surface area (Å²) in [5.41, 5.74) is 1.97. The lowest BCUT2D eigenvalue weighted by molar-refractivity contribution is -0.146. The summed E-state index contributed by atoms with van der Waals surface area (Å²) in [7, 11) is 0. The minimum absolute atomic E-state index is 0.152. The van der Waals surface area contributed by atoms with Crippen LogP contribution in [0.4, 0.5) is 5.69 Å². The van der Waals surface area contributed by atoms with Gasteiger partial charge in [0.15, 0.2) is 5.78 Å². The van der Waals surface area contributed by atoms with Crippen LogP contribution in [0.3, 0.4) is 0 Å². The van der Waals surface area contributed by atoms with E-state index in [2.05, 4.69) is 29.5 Å². The Labute approximate surface area is 243 Å². The third-order valence-corrected chi connectivity index (χ3v) is 8.70. The summed E-state index contributed by atoms with van der Waals surface area (Å²) in [6.45, 7) is 6.17. The van der Waals surface area contributed by atoms with Gasteiger partial charge in [0, 0.05) is 35.4 Å². The zero-order valence-corrected chi connectivity index (χ0v) is 24.6. The molecule has 2 N–H and O–H groups in total. The molecule has 2 aliphatic carbocycles. The number of thioether (sulfide) groups is 1. The molecule has 1 unspecified atom stereocenters. The van der Waals surface area contributed by atoms with Gasteiger partial charge in [0.05, 0.1) is 32.5 Å². The lowest BCUT2D eigenvalue weighted by Crippen LogP contribution is -2.54. The van der Waals surface area contributed by atoms with Gasteiger partial charge < -0.3 is 15.4 Å². The number of anilines is 1. The number of nitrogens with one attached hydrogen (secondary N) is 2. The maximum Gasteiger partial charge on any atom is 0.328 e. The minimum Gasteiger partial charge on any atom is -0.464 e. The Morgan fingerprint density at radius 3 is 2.31 bits per heavy atom. The van der Waals surface area contributed by atoms with Gasteiger partial charge in [-0.15, -0.1) is 11.8 Å². The molecule has 2 aliphatic rings. The van der Waals surface area contributed by atoms with Crippen molar-refractivity contribution in [3.05, 3.63) is 68.4 Å². The predicted octanol–water partition coefficient (Wildman–Crippen LogP) is 6.59. The molecule has 1 amide bonds. The van der Waals surface area contributed by atoms with E-state index in [4.69, 9.17) is 27.9 Å². The van der Waals surface area contributed by atoms with Gasteiger partial charge in [-0.05, 0) is 37.5 Å². The first-order valence-corrected chi connectivity index (χ1v) is 14.9. The fraction of sp³-hybridized carbons (Fsp3) is 0.448. The van der Waals surface area contributed by atoms with Crippen molar-refractivity contribution in [1.29, 1.82) is 0 Å². The smallest absolute Gasteiger partial charge is 0.328 e. The highest BCUT2D eigenvalue weighted by molar-refractivity contribution is 8.04. The normalized spacial score (nSPS) is 17.1. The number of ketones is 1. The topological polar surface area (TPSA) is 97.4 Å². The van der Waals surface area contributed by atoms with Gasteiger partial charge in [0.2, 0.25) is 0 Å². The Morgan fingerprint density at radius 2 is 1.72 bits per heavy atom. The molecule has 10 heteroatoms.